The van der Waals surface area contributed by atoms with Crippen LogP contribution in [0.1, 0.15) is 26.2 Å². The Morgan fingerprint density at radius 1 is 1.14 bits per heavy atom. The first-order valence-corrected chi connectivity index (χ1v) is 7.72. The standard InChI is InChI=1S/C18H21NO2/c1-2-17(18(20)19-11-5-6-12-19)21-16-10-9-14-7-3-4-8-15(14)13-16/h3-4,7-10,13,17H,2,5-6,11-12H2,1H3/t17-/m1/s1. The number of hydrogen-bond acceptors (Lipinski definition) is 2. The van der Waals surface area contributed by atoms with Crippen LogP contribution in [0.2, 0.25) is 0 Å². The van der Waals surface area contributed by atoms with Gasteiger partial charge in [-0.2, -0.15) is 0 Å². The van der Waals surface area contributed by atoms with Crippen LogP contribution < -0.4 is 4.74 Å². The summed E-state index contributed by atoms with van der Waals surface area (Å²) < 4.78 is 5.95. The molecule has 1 aliphatic heterocycles. The van der Waals surface area contributed by atoms with E-state index in [-0.39, 0.29) is 12.0 Å². The smallest absolute Gasteiger partial charge is 0.263 e. The van der Waals surface area contributed by atoms with Gasteiger partial charge in [-0.15, -0.1) is 0 Å². The molecule has 0 spiro atoms. The molecule has 0 saturated carbocycles. The highest BCUT2D eigenvalue weighted by Crippen LogP contribution is 2.23. The van der Waals surface area contributed by atoms with E-state index in [1.165, 1.54) is 5.39 Å². The molecule has 1 fully saturated rings. The highest BCUT2D eigenvalue weighted by atomic mass is 16.5. The fraction of sp³-hybridized carbons (Fsp3) is 0.389. The van der Waals surface area contributed by atoms with Gasteiger partial charge in [0, 0.05) is 13.1 Å². The molecule has 3 nitrogen and oxygen atoms in total. The molecule has 1 atom stereocenters. The minimum Gasteiger partial charge on any atom is -0.481 e. The summed E-state index contributed by atoms with van der Waals surface area (Å²) in [6, 6.07) is 14.2. The van der Waals surface area contributed by atoms with Gasteiger partial charge >= 0.3 is 0 Å². The zero-order valence-electron chi connectivity index (χ0n) is 12.4. The first-order valence-electron chi connectivity index (χ1n) is 7.72. The van der Waals surface area contributed by atoms with Crippen LogP contribution in [-0.4, -0.2) is 30.0 Å². The first-order chi connectivity index (χ1) is 10.3. The summed E-state index contributed by atoms with van der Waals surface area (Å²) in [7, 11) is 0. The number of carbonyl (C=O) groups is 1. The van der Waals surface area contributed by atoms with Crippen molar-refractivity contribution in [2.24, 2.45) is 0 Å². The van der Waals surface area contributed by atoms with E-state index in [2.05, 4.69) is 12.1 Å². The maximum Gasteiger partial charge on any atom is 0.263 e. The summed E-state index contributed by atoms with van der Waals surface area (Å²) in [6.07, 6.45) is 2.54. The Labute approximate surface area is 125 Å². The predicted octanol–water partition coefficient (Wildman–Crippen LogP) is 3.62. The highest BCUT2D eigenvalue weighted by molar-refractivity contribution is 5.84. The Bertz CT molecular complexity index is 632. The number of hydrogen-bond donors (Lipinski definition) is 0. The summed E-state index contributed by atoms with van der Waals surface area (Å²) in [5.41, 5.74) is 0. The summed E-state index contributed by atoms with van der Waals surface area (Å²) in [5, 5.41) is 2.32. The van der Waals surface area contributed by atoms with E-state index in [9.17, 15) is 4.79 Å². The molecule has 3 rings (SSSR count). The molecule has 0 aromatic heterocycles. The zero-order valence-corrected chi connectivity index (χ0v) is 12.4. The molecule has 2 aromatic rings. The lowest BCUT2D eigenvalue weighted by Crippen LogP contribution is -2.40. The molecule has 2 aromatic carbocycles. The van der Waals surface area contributed by atoms with E-state index in [1.807, 2.05) is 42.2 Å². The quantitative estimate of drug-likeness (QED) is 0.857. The third-order valence-electron chi connectivity index (χ3n) is 4.06. The molecule has 0 unspecified atom stereocenters. The minimum atomic E-state index is -0.371. The van der Waals surface area contributed by atoms with Crippen LogP contribution in [0.5, 0.6) is 5.75 Å². The van der Waals surface area contributed by atoms with Gasteiger partial charge < -0.3 is 9.64 Å². The summed E-state index contributed by atoms with van der Waals surface area (Å²) >= 11 is 0. The SMILES string of the molecule is CC[C@@H](Oc1ccc2ccccc2c1)C(=O)N1CCCC1. The Morgan fingerprint density at radius 3 is 2.57 bits per heavy atom. The molecule has 0 N–H and O–H groups in total. The molecule has 0 bridgehead atoms. The molecule has 0 radical (unpaired) electrons. The number of rotatable bonds is 4. The first kappa shape index (κ1) is 13.9. The monoisotopic (exact) mass is 283 g/mol. The number of carbonyl (C=O) groups excluding carboxylic acids is 1. The lowest BCUT2D eigenvalue weighted by molar-refractivity contribution is -0.137. The molecule has 1 amide bonds. The van der Waals surface area contributed by atoms with Crippen molar-refractivity contribution in [1.82, 2.24) is 4.90 Å². The number of likely N-dealkylation sites (tertiary alicyclic amines) is 1. The van der Waals surface area contributed by atoms with Gasteiger partial charge in [0.05, 0.1) is 0 Å². The normalized spacial score (nSPS) is 16.1. The van der Waals surface area contributed by atoms with Crippen molar-refractivity contribution >= 4 is 16.7 Å². The van der Waals surface area contributed by atoms with E-state index in [0.29, 0.717) is 6.42 Å². The van der Waals surface area contributed by atoms with Crippen LogP contribution >= 0.6 is 0 Å². The second kappa shape index (κ2) is 6.17. The van der Waals surface area contributed by atoms with E-state index in [1.54, 1.807) is 0 Å². The molecule has 0 aliphatic carbocycles. The molecule has 3 heteroatoms. The maximum atomic E-state index is 12.4. The van der Waals surface area contributed by atoms with Crippen LogP contribution in [0.3, 0.4) is 0 Å². The van der Waals surface area contributed by atoms with Crippen molar-refractivity contribution < 1.29 is 9.53 Å². The number of nitrogens with zero attached hydrogens (tertiary/aromatic N) is 1. The van der Waals surface area contributed by atoms with E-state index in [4.69, 9.17) is 4.74 Å². The highest BCUT2D eigenvalue weighted by Gasteiger charge is 2.26. The van der Waals surface area contributed by atoms with Gasteiger partial charge in [0.1, 0.15) is 5.75 Å². The van der Waals surface area contributed by atoms with Gasteiger partial charge in [-0.05, 0) is 42.2 Å². The molecule has 1 aliphatic rings. The van der Waals surface area contributed by atoms with Gasteiger partial charge in [0.2, 0.25) is 0 Å². The summed E-state index contributed by atoms with van der Waals surface area (Å²) in [6.45, 7) is 3.74. The molecule has 1 saturated heterocycles. The molecule has 1 heterocycles. The molecular weight excluding hydrogens is 262 g/mol. The lowest BCUT2D eigenvalue weighted by atomic mass is 10.1. The fourth-order valence-corrected chi connectivity index (χ4v) is 2.85. The third kappa shape index (κ3) is 3.02. The Hall–Kier alpha value is -2.03. The Kier molecular flexibility index (Phi) is 4.09. The number of benzene rings is 2. The van der Waals surface area contributed by atoms with Gasteiger partial charge in [0.15, 0.2) is 6.10 Å². The van der Waals surface area contributed by atoms with Crippen LogP contribution in [-0.2, 0) is 4.79 Å². The van der Waals surface area contributed by atoms with Gasteiger partial charge in [-0.1, -0.05) is 37.3 Å². The Balaban J connectivity index is 1.76. The van der Waals surface area contributed by atoms with Crippen molar-refractivity contribution in [3.63, 3.8) is 0 Å². The fourth-order valence-electron chi connectivity index (χ4n) is 2.85. The Morgan fingerprint density at radius 2 is 1.86 bits per heavy atom. The largest absolute Gasteiger partial charge is 0.481 e. The van der Waals surface area contributed by atoms with E-state index < -0.39 is 0 Å². The number of fused-ring (bicyclic) bond motifs is 1. The minimum absolute atomic E-state index is 0.128. The van der Waals surface area contributed by atoms with Crippen molar-refractivity contribution in [2.75, 3.05) is 13.1 Å². The average molecular weight is 283 g/mol. The predicted molar refractivity (Wildman–Crippen MR) is 84.5 cm³/mol. The van der Waals surface area contributed by atoms with Gasteiger partial charge in [-0.3, -0.25) is 4.79 Å². The molecule has 110 valence electrons. The van der Waals surface area contributed by atoms with Crippen molar-refractivity contribution in [2.45, 2.75) is 32.3 Å². The zero-order chi connectivity index (χ0) is 14.7. The van der Waals surface area contributed by atoms with Crippen LogP contribution in [0.15, 0.2) is 42.5 Å². The van der Waals surface area contributed by atoms with Gasteiger partial charge in [-0.25, -0.2) is 0 Å². The van der Waals surface area contributed by atoms with Crippen molar-refractivity contribution in [3.05, 3.63) is 42.5 Å². The van der Waals surface area contributed by atoms with Gasteiger partial charge in [0.25, 0.3) is 5.91 Å². The van der Waals surface area contributed by atoms with E-state index in [0.717, 1.165) is 37.1 Å². The third-order valence-corrected chi connectivity index (χ3v) is 4.06. The topological polar surface area (TPSA) is 29.5 Å². The molecular formula is C18H21NO2. The summed E-state index contributed by atoms with van der Waals surface area (Å²) in [5.74, 6) is 0.899. The van der Waals surface area contributed by atoms with Crippen LogP contribution in [0, 0.1) is 0 Å². The maximum absolute atomic E-state index is 12.4. The summed E-state index contributed by atoms with van der Waals surface area (Å²) in [4.78, 5) is 14.4. The number of amides is 1. The molecule has 21 heavy (non-hydrogen) atoms. The van der Waals surface area contributed by atoms with Crippen molar-refractivity contribution in [1.29, 1.82) is 0 Å². The average Bonchev–Trinajstić information content (AvgIpc) is 3.06. The van der Waals surface area contributed by atoms with Crippen LogP contribution in [0.25, 0.3) is 10.8 Å². The van der Waals surface area contributed by atoms with Crippen molar-refractivity contribution in [3.8, 4) is 5.75 Å². The van der Waals surface area contributed by atoms with E-state index >= 15 is 0 Å². The van der Waals surface area contributed by atoms with Crippen LogP contribution in [0.4, 0.5) is 0 Å². The lowest BCUT2D eigenvalue weighted by Gasteiger charge is -2.23. The second-order valence-electron chi connectivity index (χ2n) is 5.56. The second-order valence-corrected chi connectivity index (χ2v) is 5.56. The number of ether oxygens (including phenoxy) is 1.